The molecule has 1 spiro atoms. The van der Waals surface area contributed by atoms with Crippen LogP contribution < -0.4 is 9.80 Å². The molecule has 0 aliphatic carbocycles. The number of nitrogens with zero attached hydrogens (tertiary/aromatic N) is 3. The summed E-state index contributed by atoms with van der Waals surface area (Å²) in [5.74, 6) is 0.868. The summed E-state index contributed by atoms with van der Waals surface area (Å²) in [6.45, 7) is 1.80. The topological polar surface area (TPSA) is 66.7 Å². The summed E-state index contributed by atoms with van der Waals surface area (Å²) < 4.78 is 4.67. The van der Waals surface area contributed by atoms with E-state index in [1.807, 2.05) is 60.7 Å². The first-order chi connectivity index (χ1) is 15.5. The van der Waals surface area contributed by atoms with E-state index in [0.717, 1.165) is 11.3 Å². The van der Waals surface area contributed by atoms with Crippen molar-refractivity contribution in [3.05, 3.63) is 76.6 Å². The summed E-state index contributed by atoms with van der Waals surface area (Å²) in [6.07, 6.45) is 3.67. The Morgan fingerprint density at radius 1 is 0.969 bits per heavy atom. The van der Waals surface area contributed by atoms with Gasteiger partial charge in [-0.2, -0.15) is 0 Å². The van der Waals surface area contributed by atoms with Gasteiger partial charge in [-0.25, -0.2) is 0 Å². The summed E-state index contributed by atoms with van der Waals surface area (Å²) in [5, 5.41) is 4.79. The average Bonchev–Trinajstić information content (AvgIpc) is 3.43. The molecule has 3 heterocycles. The lowest BCUT2D eigenvalue weighted by molar-refractivity contribution is -0.116. The molecule has 1 unspecified atom stereocenters. The molecule has 2 amide bonds. The molecular weight excluding hydrogens is 466 g/mol. The van der Waals surface area contributed by atoms with Crippen molar-refractivity contribution in [2.24, 2.45) is 0 Å². The van der Waals surface area contributed by atoms with Crippen molar-refractivity contribution in [1.82, 2.24) is 5.16 Å². The van der Waals surface area contributed by atoms with Gasteiger partial charge < -0.3 is 4.52 Å². The second-order valence-electron chi connectivity index (χ2n) is 7.29. The molecule has 3 aromatic rings. The van der Waals surface area contributed by atoms with E-state index in [4.69, 9.17) is 16.1 Å². The van der Waals surface area contributed by atoms with Crippen molar-refractivity contribution in [3.63, 3.8) is 0 Å². The van der Waals surface area contributed by atoms with Crippen LogP contribution >= 0.6 is 35.1 Å². The maximum atomic E-state index is 13.2. The number of anilines is 2. The molecule has 1 atom stereocenters. The van der Waals surface area contributed by atoms with Crippen molar-refractivity contribution in [3.8, 4) is 0 Å². The van der Waals surface area contributed by atoms with Gasteiger partial charge in [-0.15, -0.1) is 0 Å². The Morgan fingerprint density at radius 2 is 1.62 bits per heavy atom. The van der Waals surface area contributed by atoms with Crippen molar-refractivity contribution < 1.29 is 14.1 Å². The van der Waals surface area contributed by atoms with Gasteiger partial charge in [-0.3, -0.25) is 19.4 Å². The van der Waals surface area contributed by atoms with E-state index in [2.05, 4.69) is 5.16 Å². The molecule has 0 radical (unpaired) electrons. The summed E-state index contributed by atoms with van der Waals surface area (Å²) in [7, 11) is 0. The Labute approximate surface area is 198 Å². The SMILES string of the molecule is Cc1noc(/C=C/c2ccc(Cl)cc2)c1N1C(=O)CSC12SCC(=O)N2c1ccccc1. The van der Waals surface area contributed by atoms with E-state index in [0.29, 0.717) is 22.2 Å². The third-order valence-electron chi connectivity index (χ3n) is 5.22. The van der Waals surface area contributed by atoms with E-state index in [9.17, 15) is 9.59 Å². The Kier molecular flexibility index (Phi) is 5.53. The van der Waals surface area contributed by atoms with Crippen LogP contribution in [0.4, 0.5) is 11.4 Å². The van der Waals surface area contributed by atoms with Crippen molar-refractivity contribution in [1.29, 1.82) is 0 Å². The van der Waals surface area contributed by atoms with Crippen molar-refractivity contribution in [2.75, 3.05) is 21.3 Å². The summed E-state index contributed by atoms with van der Waals surface area (Å²) in [4.78, 5) is 29.5. The van der Waals surface area contributed by atoms with Crippen molar-refractivity contribution in [2.45, 2.75) is 11.3 Å². The fourth-order valence-corrected chi connectivity index (χ4v) is 6.83. The molecule has 32 heavy (non-hydrogen) atoms. The van der Waals surface area contributed by atoms with E-state index in [1.165, 1.54) is 23.5 Å². The second kappa shape index (κ2) is 8.35. The van der Waals surface area contributed by atoms with Crippen LogP contribution in [0, 0.1) is 6.92 Å². The zero-order valence-corrected chi connectivity index (χ0v) is 19.4. The number of hydrogen-bond acceptors (Lipinski definition) is 6. The predicted octanol–water partition coefficient (Wildman–Crippen LogP) is 5.28. The number of rotatable bonds is 4. The van der Waals surface area contributed by atoms with Gasteiger partial charge in [-0.05, 0) is 42.8 Å². The minimum Gasteiger partial charge on any atom is -0.354 e. The number of halogens is 1. The molecule has 162 valence electrons. The van der Waals surface area contributed by atoms with Gasteiger partial charge in [0, 0.05) is 10.7 Å². The van der Waals surface area contributed by atoms with Gasteiger partial charge in [0.15, 0.2) is 5.76 Å². The minimum atomic E-state index is -0.922. The quantitative estimate of drug-likeness (QED) is 0.503. The summed E-state index contributed by atoms with van der Waals surface area (Å²) >= 11 is 8.86. The van der Waals surface area contributed by atoms with Gasteiger partial charge in [0.2, 0.25) is 16.1 Å². The maximum Gasteiger partial charge on any atom is 0.240 e. The first-order valence-electron chi connectivity index (χ1n) is 9.88. The number of aryl methyl sites for hydroxylation is 1. The van der Waals surface area contributed by atoms with Crippen LogP contribution in [0.3, 0.4) is 0 Å². The van der Waals surface area contributed by atoms with Crippen LogP contribution in [0.1, 0.15) is 17.0 Å². The Balaban J connectivity index is 1.58. The smallest absolute Gasteiger partial charge is 0.240 e. The first kappa shape index (κ1) is 21.2. The number of hydrogen-bond donors (Lipinski definition) is 0. The van der Waals surface area contributed by atoms with Gasteiger partial charge in [-0.1, -0.05) is 76.7 Å². The molecule has 2 aromatic carbocycles. The molecular formula is C23H18ClN3O3S2. The molecule has 1 aromatic heterocycles. The molecule has 5 rings (SSSR count). The molecule has 2 aliphatic heterocycles. The molecule has 0 saturated carbocycles. The predicted molar refractivity (Wildman–Crippen MR) is 131 cm³/mol. The molecule has 0 bridgehead atoms. The number of amides is 2. The van der Waals surface area contributed by atoms with Crippen LogP contribution in [-0.4, -0.2) is 32.8 Å². The standard InChI is InChI=1S/C23H18ClN3O3S2/c1-15-22(19(30-25-15)12-9-16-7-10-17(24)11-8-16)27-21(29)14-32-23(27)26(20(28)13-31-23)18-5-3-2-4-6-18/h2-12H,13-14H2,1H3/b12-9+. The van der Waals surface area contributed by atoms with Crippen LogP contribution in [-0.2, 0) is 9.59 Å². The highest BCUT2D eigenvalue weighted by atomic mass is 35.5. The molecule has 0 N–H and O–H groups in total. The van der Waals surface area contributed by atoms with Gasteiger partial charge in [0.25, 0.3) is 0 Å². The van der Waals surface area contributed by atoms with Gasteiger partial charge >= 0.3 is 0 Å². The Bertz CT molecular complexity index is 1210. The summed E-state index contributed by atoms with van der Waals surface area (Å²) in [6, 6.07) is 16.8. The lowest BCUT2D eigenvalue weighted by Crippen LogP contribution is -2.53. The molecule has 6 nitrogen and oxygen atoms in total. The Hall–Kier alpha value is -2.68. The largest absolute Gasteiger partial charge is 0.354 e. The number of thioether (sulfide) groups is 2. The normalized spacial score (nSPS) is 20.9. The maximum absolute atomic E-state index is 13.2. The molecule has 9 heteroatoms. The number of para-hydroxylation sites is 1. The van der Waals surface area contributed by atoms with E-state index in [-0.39, 0.29) is 23.3 Å². The van der Waals surface area contributed by atoms with E-state index < -0.39 is 4.33 Å². The number of benzene rings is 2. The van der Waals surface area contributed by atoms with Crippen LogP contribution in [0.2, 0.25) is 5.02 Å². The van der Waals surface area contributed by atoms with Crippen molar-refractivity contribution >= 4 is 70.5 Å². The number of aromatic nitrogens is 1. The van der Waals surface area contributed by atoms with E-state index in [1.54, 1.807) is 22.8 Å². The zero-order chi connectivity index (χ0) is 22.3. The van der Waals surface area contributed by atoms with Crippen LogP contribution in [0.5, 0.6) is 0 Å². The first-order valence-corrected chi connectivity index (χ1v) is 12.2. The summed E-state index contributed by atoms with van der Waals surface area (Å²) in [5.41, 5.74) is 2.85. The average molecular weight is 484 g/mol. The third kappa shape index (κ3) is 3.52. The monoisotopic (exact) mass is 483 g/mol. The molecule has 2 saturated heterocycles. The fraction of sp³-hybridized carbons (Fsp3) is 0.174. The molecule has 2 fully saturated rings. The van der Waals surface area contributed by atoms with Gasteiger partial charge in [0.05, 0.1) is 11.5 Å². The highest BCUT2D eigenvalue weighted by Gasteiger charge is 2.59. The Morgan fingerprint density at radius 3 is 2.31 bits per heavy atom. The van der Waals surface area contributed by atoms with Gasteiger partial charge in [0.1, 0.15) is 11.4 Å². The van der Waals surface area contributed by atoms with Crippen LogP contribution in [0.15, 0.2) is 59.1 Å². The minimum absolute atomic E-state index is 0.0410. The highest BCUT2D eigenvalue weighted by molar-refractivity contribution is 8.20. The highest BCUT2D eigenvalue weighted by Crippen LogP contribution is 2.56. The lowest BCUT2D eigenvalue weighted by atomic mass is 10.2. The molecule has 2 aliphatic rings. The fourth-order valence-electron chi connectivity index (χ4n) is 3.82. The number of carbonyl (C=O) groups is 2. The third-order valence-corrected chi connectivity index (χ3v) is 8.45. The van der Waals surface area contributed by atoms with Crippen LogP contribution in [0.25, 0.3) is 12.2 Å². The lowest BCUT2D eigenvalue weighted by Gasteiger charge is -2.39. The zero-order valence-electron chi connectivity index (χ0n) is 17.0. The van der Waals surface area contributed by atoms with E-state index >= 15 is 0 Å². The number of carbonyl (C=O) groups excluding carboxylic acids is 2. The second-order valence-corrected chi connectivity index (χ2v) is 10.3.